The summed E-state index contributed by atoms with van der Waals surface area (Å²) >= 11 is 2.16. The maximum Gasteiger partial charge on any atom is 0.0623 e. The molecule has 1 aliphatic rings. The molecule has 1 saturated heterocycles. The average molecular weight is 259 g/mol. The molecule has 1 rings (SSSR count). The number of ether oxygens (including phenoxy) is 1. The summed E-state index contributed by atoms with van der Waals surface area (Å²) in [6.07, 6.45) is 6.38. The molecule has 0 saturated carbocycles. The molecule has 2 atom stereocenters. The minimum absolute atomic E-state index is 0.0232. The molecule has 1 N–H and O–H groups in total. The van der Waals surface area contributed by atoms with E-state index in [2.05, 4.69) is 37.8 Å². The fourth-order valence-electron chi connectivity index (χ4n) is 2.27. The van der Waals surface area contributed by atoms with Gasteiger partial charge in [-0.2, -0.15) is 11.8 Å². The number of methoxy groups -OCH3 is 1. The van der Waals surface area contributed by atoms with Crippen LogP contribution in [0.3, 0.4) is 0 Å². The van der Waals surface area contributed by atoms with Gasteiger partial charge in [0.25, 0.3) is 0 Å². The Hall–Kier alpha value is 0.270. The van der Waals surface area contributed by atoms with Gasteiger partial charge in [0.05, 0.1) is 5.60 Å². The van der Waals surface area contributed by atoms with Gasteiger partial charge in [0, 0.05) is 18.4 Å². The maximum atomic E-state index is 5.52. The summed E-state index contributed by atoms with van der Waals surface area (Å²) in [5.41, 5.74) is 0.0232. The van der Waals surface area contributed by atoms with Crippen LogP contribution < -0.4 is 5.32 Å². The first-order valence-electron chi connectivity index (χ1n) is 6.99. The smallest absolute Gasteiger partial charge is 0.0623 e. The van der Waals surface area contributed by atoms with Crippen LogP contribution in [0.15, 0.2) is 0 Å². The lowest BCUT2D eigenvalue weighted by atomic mass is 9.96. The highest BCUT2D eigenvalue weighted by molar-refractivity contribution is 8.00. The van der Waals surface area contributed by atoms with E-state index in [-0.39, 0.29) is 5.60 Å². The molecule has 3 heteroatoms. The zero-order valence-electron chi connectivity index (χ0n) is 11.9. The van der Waals surface area contributed by atoms with E-state index in [0.717, 1.165) is 18.2 Å². The van der Waals surface area contributed by atoms with Crippen LogP contribution in [0.5, 0.6) is 0 Å². The SMILES string of the molecule is CCCNC(CCC(C)(C)OC)C1CCCS1. The van der Waals surface area contributed by atoms with Gasteiger partial charge in [-0.25, -0.2) is 0 Å². The van der Waals surface area contributed by atoms with E-state index >= 15 is 0 Å². The molecule has 1 aliphatic heterocycles. The Kier molecular flexibility index (Phi) is 6.90. The molecule has 2 unspecified atom stereocenters. The summed E-state index contributed by atoms with van der Waals surface area (Å²) in [6, 6.07) is 0.678. The average Bonchev–Trinajstić information content (AvgIpc) is 2.83. The van der Waals surface area contributed by atoms with Crippen LogP contribution in [0.2, 0.25) is 0 Å². The van der Waals surface area contributed by atoms with Crippen LogP contribution in [-0.2, 0) is 4.74 Å². The highest BCUT2D eigenvalue weighted by Crippen LogP contribution is 2.31. The summed E-state index contributed by atoms with van der Waals surface area (Å²) < 4.78 is 5.52. The number of hydrogen-bond acceptors (Lipinski definition) is 3. The fourth-order valence-corrected chi connectivity index (χ4v) is 3.71. The monoisotopic (exact) mass is 259 g/mol. The topological polar surface area (TPSA) is 21.3 Å². The molecule has 0 aromatic carbocycles. The van der Waals surface area contributed by atoms with Crippen molar-refractivity contribution in [3.8, 4) is 0 Å². The maximum absolute atomic E-state index is 5.52. The van der Waals surface area contributed by atoms with E-state index in [0.29, 0.717) is 6.04 Å². The van der Waals surface area contributed by atoms with E-state index in [4.69, 9.17) is 4.74 Å². The fraction of sp³-hybridized carbons (Fsp3) is 1.00. The van der Waals surface area contributed by atoms with Gasteiger partial charge in [-0.3, -0.25) is 0 Å². The molecule has 0 aromatic heterocycles. The largest absolute Gasteiger partial charge is 0.379 e. The van der Waals surface area contributed by atoms with E-state index in [1.165, 1.54) is 31.4 Å². The normalized spacial score (nSPS) is 22.9. The van der Waals surface area contributed by atoms with E-state index in [9.17, 15) is 0 Å². The molecule has 0 radical (unpaired) electrons. The second-order valence-corrected chi connectivity index (χ2v) is 6.96. The van der Waals surface area contributed by atoms with Crippen molar-refractivity contribution in [3.63, 3.8) is 0 Å². The van der Waals surface area contributed by atoms with E-state index in [1.54, 1.807) is 0 Å². The molecule has 0 amide bonds. The third kappa shape index (κ3) is 5.62. The highest BCUT2D eigenvalue weighted by Gasteiger charge is 2.27. The van der Waals surface area contributed by atoms with Crippen molar-refractivity contribution in [2.24, 2.45) is 0 Å². The Morgan fingerprint density at radius 2 is 2.24 bits per heavy atom. The van der Waals surface area contributed by atoms with E-state index in [1.807, 2.05) is 7.11 Å². The van der Waals surface area contributed by atoms with Crippen LogP contribution in [0.4, 0.5) is 0 Å². The highest BCUT2D eigenvalue weighted by atomic mass is 32.2. The number of nitrogens with one attached hydrogen (secondary N) is 1. The van der Waals surface area contributed by atoms with Gasteiger partial charge >= 0.3 is 0 Å². The first-order valence-corrected chi connectivity index (χ1v) is 8.04. The molecule has 0 bridgehead atoms. The lowest BCUT2D eigenvalue weighted by Crippen LogP contribution is -2.39. The van der Waals surface area contributed by atoms with Crippen molar-refractivity contribution in [1.29, 1.82) is 0 Å². The zero-order chi connectivity index (χ0) is 12.7. The molecular weight excluding hydrogens is 230 g/mol. The molecule has 17 heavy (non-hydrogen) atoms. The van der Waals surface area contributed by atoms with Gasteiger partial charge in [-0.05, 0) is 58.2 Å². The van der Waals surface area contributed by atoms with Gasteiger partial charge in [0.2, 0.25) is 0 Å². The van der Waals surface area contributed by atoms with Crippen molar-refractivity contribution in [1.82, 2.24) is 5.32 Å². The van der Waals surface area contributed by atoms with Crippen LogP contribution in [0.25, 0.3) is 0 Å². The number of rotatable bonds is 8. The Bertz CT molecular complexity index is 202. The quantitative estimate of drug-likeness (QED) is 0.721. The first-order chi connectivity index (χ1) is 8.09. The van der Waals surface area contributed by atoms with Gasteiger partial charge in [0.1, 0.15) is 0 Å². The predicted octanol–water partition coefficient (Wildman–Crippen LogP) is 3.46. The standard InChI is InChI=1S/C14H29NOS/c1-5-10-15-12(13-7-6-11-17-13)8-9-14(2,3)16-4/h12-13,15H,5-11H2,1-4H3. The second-order valence-electron chi connectivity index (χ2n) is 5.61. The van der Waals surface area contributed by atoms with Crippen molar-refractivity contribution in [3.05, 3.63) is 0 Å². The van der Waals surface area contributed by atoms with Gasteiger partial charge in [0.15, 0.2) is 0 Å². The lowest BCUT2D eigenvalue weighted by Gasteiger charge is -2.29. The molecule has 102 valence electrons. The van der Waals surface area contributed by atoms with Gasteiger partial charge in [-0.1, -0.05) is 6.92 Å². The molecule has 0 aromatic rings. The van der Waals surface area contributed by atoms with Crippen molar-refractivity contribution < 1.29 is 4.74 Å². The summed E-state index contributed by atoms with van der Waals surface area (Å²) in [5, 5.41) is 4.56. The molecule has 2 nitrogen and oxygen atoms in total. The van der Waals surface area contributed by atoms with Crippen LogP contribution in [0.1, 0.15) is 52.9 Å². The third-order valence-electron chi connectivity index (χ3n) is 3.68. The Balaban J connectivity index is 2.39. The minimum Gasteiger partial charge on any atom is -0.379 e. The molecule has 1 heterocycles. The Morgan fingerprint density at radius 3 is 2.76 bits per heavy atom. The lowest BCUT2D eigenvalue weighted by molar-refractivity contribution is 0.0117. The summed E-state index contributed by atoms with van der Waals surface area (Å²) in [6.45, 7) is 7.76. The van der Waals surface area contributed by atoms with Crippen LogP contribution >= 0.6 is 11.8 Å². The zero-order valence-corrected chi connectivity index (χ0v) is 12.7. The van der Waals surface area contributed by atoms with Crippen molar-refractivity contribution >= 4 is 11.8 Å². The van der Waals surface area contributed by atoms with Crippen LogP contribution in [0, 0.1) is 0 Å². The third-order valence-corrected chi connectivity index (χ3v) is 5.20. The minimum atomic E-state index is 0.0232. The van der Waals surface area contributed by atoms with Crippen molar-refractivity contribution in [2.75, 3.05) is 19.4 Å². The Morgan fingerprint density at radius 1 is 1.47 bits per heavy atom. The number of thioether (sulfide) groups is 1. The number of hydrogen-bond donors (Lipinski definition) is 1. The molecule has 0 spiro atoms. The summed E-state index contributed by atoms with van der Waals surface area (Å²) in [4.78, 5) is 0. The van der Waals surface area contributed by atoms with Gasteiger partial charge < -0.3 is 10.1 Å². The first kappa shape index (κ1) is 15.3. The van der Waals surface area contributed by atoms with Crippen molar-refractivity contribution in [2.45, 2.75) is 69.8 Å². The molecule has 1 fully saturated rings. The van der Waals surface area contributed by atoms with Gasteiger partial charge in [-0.15, -0.1) is 0 Å². The van der Waals surface area contributed by atoms with Crippen LogP contribution in [-0.4, -0.2) is 36.3 Å². The second kappa shape index (κ2) is 7.65. The predicted molar refractivity (Wildman–Crippen MR) is 77.9 cm³/mol. The molecule has 0 aliphatic carbocycles. The Labute approximate surface area is 111 Å². The summed E-state index contributed by atoms with van der Waals surface area (Å²) in [7, 11) is 1.82. The summed E-state index contributed by atoms with van der Waals surface area (Å²) in [5.74, 6) is 1.35. The molecular formula is C14H29NOS. The van der Waals surface area contributed by atoms with E-state index < -0.39 is 0 Å².